The largest absolute Gasteiger partial charge is 0.508 e. The molecule has 3 heteroatoms. The van der Waals surface area contributed by atoms with Gasteiger partial charge >= 0.3 is 0 Å². The maximum Gasteiger partial charge on any atom is 0.162 e. The summed E-state index contributed by atoms with van der Waals surface area (Å²) in [6.07, 6.45) is 5.52. The lowest BCUT2D eigenvalue weighted by Gasteiger charge is -2.57. The van der Waals surface area contributed by atoms with E-state index in [0.717, 1.165) is 24.8 Å². The third-order valence-electron chi connectivity index (χ3n) is 7.14. The number of hydrogen-bond acceptors (Lipinski definition) is 3. The Kier molecular flexibility index (Phi) is 4.93. The second kappa shape index (κ2) is 6.59. The van der Waals surface area contributed by atoms with Crippen molar-refractivity contribution in [2.45, 2.75) is 77.4 Å². The van der Waals surface area contributed by atoms with Crippen LogP contribution in [0.2, 0.25) is 0 Å². The Hall–Kier alpha value is -1.06. The maximum atomic E-state index is 10.6. The van der Waals surface area contributed by atoms with E-state index >= 15 is 0 Å². The Labute approximate surface area is 152 Å². The highest BCUT2D eigenvalue weighted by Gasteiger charge is 2.55. The zero-order chi connectivity index (χ0) is 18.4. The van der Waals surface area contributed by atoms with E-state index in [-0.39, 0.29) is 17.1 Å². The molecule has 0 heterocycles. The lowest BCUT2D eigenvalue weighted by Crippen LogP contribution is -2.54. The van der Waals surface area contributed by atoms with E-state index in [1.807, 2.05) is 0 Å². The second-order valence-electron chi connectivity index (χ2n) is 8.89. The first-order valence-corrected chi connectivity index (χ1v) is 9.69. The number of phenolic OH excluding ortho intramolecular Hbond substituents is 1. The van der Waals surface area contributed by atoms with Gasteiger partial charge in [-0.15, -0.1) is 0 Å². The van der Waals surface area contributed by atoms with Crippen LogP contribution in [0.5, 0.6) is 5.75 Å². The van der Waals surface area contributed by atoms with Crippen LogP contribution in [0.3, 0.4) is 0 Å². The Bertz CT molecular complexity index is 634. The highest BCUT2D eigenvalue weighted by atomic mass is 16.7. The minimum Gasteiger partial charge on any atom is -0.508 e. The van der Waals surface area contributed by atoms with Gasteiger partial charge in [-0.25, -0.2) is 0 Å². The first-order chi connectivity index (χ1) is 11.8. The van der Waals surface area contributed by atoms with Crippen LogP contribution in [0.1, 0.15) is 76.0 Å². The highest BCUT2D eigenvalue weighted by Crippen LogP contribution is 2.59. The summed E-state index contributed by atoms with van der Waals surface area (Å²) in [5, 5.41) is 10.6. The minimum atomic E-state index is -0.179. The Morgan fingerprint density at radius 3 is 2.40 bits per heavy atom. The van der Waals surface area contributed by atoms with E-state index in [2.05, 4.69) is 39.8 Å². The summed E-state index contributed by atoms with van der Waals surface area (Å²) in [4.78, 5) is 0. The molecule has 0 radical (unpaired) electrons. The average Bonchev–Trinajstić information content (AvgIpc) is 2.55. The van der Waals surface area contributed by atoms with E-state index in [1.54, 1.807) is 14.2 Å². The number of fused-ring (bicyclic) bond motifs is 3. The number of methoxy groups -OCH3 is 2. The number of benzene rings is 1. The van der Waals surface area contributed by atoms with Crippen molar-refractivity contribution >= 4 is 0 Å². The molecule has 0 spiro atoms. The fraction of sp³-hybridized carbons (Fsp3) is 0.727. The monoisotopic (exact) mass is 346 g/mol. The molecular weight excluding hydrogens is 312 g/mol. The lowest BCUT2D eigenvalue weighted by molar-refractivity contribution is -0.212. The maximum absolute atomic E-state index is 10.6. The molecule has 0 amide bonds. The molecule has 3 nitrogen and oxygen atoms in total. The summed E-state index contributed by atoms with van der Waals surface area (Å²) in [7, 11) is 3.51. The van der Waals surface area contributed by atoms with Gasteiger partial charge in [-0.3, -0.25) is 0 Å². The van der Waals surface area contributed by atoms with Gasteiger partial charge in [0, 0.05) is 19.6 Å². The fourth-order valence-corrected chi connectivity index (χ4v) is 5.95. The molecule has 0 aromatic heterocycles. The molecule has 2 aliphatic carbocycles. The summed E-state index contributed by atoms with van der Waals surface area (Å²) in [5.74, 6) is 1.30. The number of rotatable bonds is 4. The van der Waals surface area contributed by atoms with Crippen LogP contribution >= 0.6 is 0 Å². The molecule has 25 heavy (non-hydrogen) atoms. The molecule has 1 saturated carbocycles. The average molecular weight is 347 g/mol. The predicted molar refractivity (Wildman–Crippen MR) is 101 cm³/mol. The van der Waals surface area contributed by atoms with Gasteiger partial charge in [0.15, 0.2) is 6.29 Å². The van der Waals surface area contributed by atoms with E-state index < -0.39 is 0 Å². The van der Waals surface area contributed by atoms with Crippen molar-refractivity contribution in [3.8, 4) is 5.75 Å². The zero-order valence-corrected chi connectivity index (χ0v) is 16.7. The number of phenols is 1. The van der Waals surface area contributed by atoms with Gasteiger partial charge in [-0.05, 0) is 65.7 Å². The summed E-state index contributed by atoms with van der Waals surface area (Å²) in [6, 6.07) is 4.32. The summed E-state index contributed by atoms with van der Waals surface area (Å²) in [5.41, 5.74) is 3.92. The van der Waals surface area contributed by atoms with Crippen molar-refractivity contribution in [1.82, 2.24) is 0 Å². The van der Waals surface area contributed by atoms with Crippen LogP contribution < -0.4 is 0 Å². The predicted octanol–water partition coefficient (Wildman–Crippen LogP) is 5.14. The molecule has 1 fully saturated rings. The normalized spacial score (nSPS) is 31.9. The van der Waals surface area contributed by atoms with Crippen molar-refractivity contribution in [3.63, 3.8) is 0 Å². The molecule has 0 aliphatic heterocycles. The Morgan fingerprint density at radius 2 is 1.80 bits per heavy atom. The van der Waals surface area contributed by atoms with Crippen LogP contribution in [-0.2, 0) is 21.3 Å². The van der Waals surface area contributed by atoms with Gasteiger partial charge in [0.1, 0.15) is 5.75 Å². The molecule has 140 valence electrons. The van der Waals surface area contributed by atoms with Crippen LogP contribution in [0.25, 0.3) is 0 Å². The third kappa shape index (κ3) is 2.80. The van der Waals surface area contributed by atoms with Gasteiger partial charge in [0.05, 0.1) is 0 Å². The molecule has 3 rings (SSSR count). The molecule has 3 atom stereocenters. The van der Waals surface area contributed by atoms with E-state index in [1.165, 1.54) is 24.0 Å². The quantitative estimate of drug-likeness (QED) is 0.767. The van der Waals surface area contributed by atoms with Crippen molar-refractivity contribution in [2.75, 3.05) is 14.2 Å². The van der Waals surface area contributed by atoms with Crippen LogP contribution in [-0.4, -0.2) is 25.6 Å². The highest BCUT2D eigenvalue weighted by molar-refractivity contribution is 5.48. The van der Waals surface area contributed by atoms with Crippen LogP contribution in [0.15, 0.2) is 12.1 Å². The van der Waals surface area contributed by atoms with E-state index in [4.69, 9.17) is 9.47 Å². The van der Waals surface area contributed by atoms with Gasteiger partial charge in [0.25, 0.3) is 0 Å². The first kappa shape index (κ1) is 18.7. The van der Waals surface area contributed by atoms with Gasteiger partial charge in [0.2, 0.25) is 0 Å². The number of hydrogen-bond donors (Lipinski definition) is 1. The van der Waals surface area contributed by atoms with Crippen molar-refractivity contribution in [2.24, 2.45) is 11.3 Å². The second-order valence-corrected chi connectivity index (χ2v) is 8.89. The molecule has 0 saturated heterocycles. The van der Waals surface area contributed by atoms with Crippen LogP contribution in [0, 0.1) is 11.3 Å². The molecule has 2 aliphatic rings. The zero-order valence-electron chi connectivity index (χ0n) is 16.7. The Balaban J connectivity index is 2.08. The molecule has 1 aromatic carbocycles. The summed E-state index contributed by atoms with van der Waals surface area (Å²) >= 11 is 0. The van der Waals surface area contributed by atoms with Crippen molar-refractivity contribution in [1.29, 1.82) is 0 Å². The SMILES string of the molecule is COC(OC)[C@]1(C)CCC[C@]2(C)c3cc(O)c(C(C)C)cc3CCC12. The van der Waals surface area contributed by atoms with E-state index in [0.29, 0.717) is 17.6 Å². The third-order valence-corrected chi connectivity index (χ3v) is 7.14. The minimum absolute atomic E-state index is 0.000524. The lowest BCUT2D eigenvalue weighted by atomic mass is 9.49. The molecule has 1 N–H and O–H groups in total. The smallest absolute Gasteiger partial charge is 0.162 e. The van der Waals surface area contributed by atoms with Crippen molar-refractivity contribution < 1.29 is 14.6 Å². The van der Waals surface area contributed by atoms with Gasteiger partial charge in [-0.2, -0.15) is 0 Å². The topological polar surface area (TPSA) is 38.7 Å². The molecule has 1 unspecified atom stereocenters. The molecule has 1 aromatic rings. The van der Waals surface area contributed by atoms with Crippen LogP contribution in [0.4, 0.5) is 0 Å². The number of aryl methyl sites for hydroxylation is 1. The number of ether oxygens (including phenoxy) is 2. The van der Waals surface area contributed by atoms with Gasteiger partial charge < -0.3 is 14.6 Å². The Morgan fingerprint density at radius 1 is 1.12 bits per heavy atom. The fourth-order valence-electron chi connectivity index (χ4n) is 5.95. The summed E-state index contributed by atoms with van der Waals surface area (Å²) < 4.78 is 11.5. The van der Waals surface area contributed by atoms with Gasteiger partial charge in [-0.1, -0.05) is 40.2 Å². The van der Waals surface area contributed by atoms with E-state index in [9.17, 15) is 5.11 Å². The van der Waals surface area contributed by atoms with Crippen molar-refractivity contribution in [3.05, 3.63) is 28.8 Å². The molecular formula is C22H34O3. The number of aromatic hydroxyl groups is 1. The first-order valence-electron chi connectivity index (χ1n) is 9.69. The molecule has 0 bridgehead atoms. The summed E-state index contributed by atoms with van der Waals surface area (Å²) in [6.45, 7) is 9.02. The standard InChI is InChI=1S/C22H34O3/c1-14(2)16-12-15-8-9-19-21(3,17(15)13-18(16)23)10-7-11-22(19,4)20(24-5)25-6/h12-14,19-20,23H,7-11H2,1-6H3/t19?,21-,22-/m1/s1.